The second-order valence-corrected chi connectivity index (χ2v) is 10.5. The Morgan fingerprint density at radius 3 is 2.39 bits per heavy atom. The van der Waals surface area contributed by atoms with E-state index in [2.05, 4.69) is 18.8 Å². The number of carbonyl (C=O) groups excluding carboxylic acids is 1. The molecule has 1 fully saturated rings. The van der Waals surface area contributed by atoms with Crippen molar-refractivity contribution >= 4 is 16.0 Å². The maximum absolute atomic E-state index is 13.0. The first kappa shape index (κ1) is 23.2. The number of nitrogens with zero attached hydrogens (tertiary/aromatic N) is 2. The summed E-state index contributed by atoms with van der Waals surface area (Å²) in [7, 11) is -3.57. The van der Waals surface area contributed by atoms with Crippen molar-refractivity contribution in [1.29, 1.82) is 0 Å². The molecule has 174 valence electrons. The predicted octanol–water partition coefficient (Wildman–Crippen LogP) is 4.61. The highest BCUT2D eigenvalue weighted by atomic mass is 32.2. The van der Waals surface area contributed by atoms with Gasteiger partial charge in [0.2, 0.25) is 15.9 Å². The van der Waals surface area contributed by atoms with Gasteiger partial charge in [0, 0.05) is 18.7 Å². The molecule has 0 amide bonds. The second-order valence-electron chi connectivity index (χ2n) is 8.52. The topological polar surface area (TPSA) is 89.7 Å². The predicted molar refractivity (Wildman–Crippen MR) is 124 cm³/mol. The molecule has 4 rings (SSSR count). The maximum atomic E-state index is 13.0. The van der Waals surface area contributed by atoms with Gasteiger partial charge < -0.3 is 9.15 Å². The molecular weight excluding hydrogens is 440 g/mol. The molecule has 3 aromatic rings. The molecular formula is C25H28N2O5S. The first-order valence-electron chi connectivity index (χ1n) is 11.1. The Bertz CT molecular complexity index is 1180. The molecule has 1 aliphatic rings. The van der Waals surface area contributed by atoms with E-state index >= 15 is 0 Å². The van der Waals surface area contributed by atoms with Gasteiger partial charge in [0.25, 0.3) is 0 Å². The number of rotatable bonds is 7. The zero-order valence-corrected chi connectivity index (χ0v) is 19.6. The molecule has 0 bridgehead atoms. The molecule has 1 saturated heterocycles. The van der Waals surface area contributed by atoms with Gasteiger partial charge in [-0.25, -0.2) is 13.4 Å². The van der Waals surface area contributed by atoms with E-state index in [1.54, 1.807) is 12.1 Å². The van der Waals surface area contributed by atoms with Crippen molar-refractivity contribution in [2.45, 2.75) is 44.1 Å². The van der Waals surface area contributed by atoms with Crippen LogP contribution in [-0.4, -0.2) is 36.8 Å². The average Bonchev–Trinajstić information content (AvgIpc) is 3.32. The summed E-state index contributed by atoms with van der Waals surface area (Å²) in [6.45, 7) is 4.73. The van der Waals surface area contributed by atoms with Crippen LogP contribution < -0.4 is 0 Å². The lowest BCUT2D eigenvalue weighted by molar-refractivity contribution is -0.151. The molecule has 2 heterocycles. The molecule has 0 radical (unpaired) electrons. The molecule has 0 aliphatic carbocycles. The van der Waals surface area contributed by atoms with Crippen LogP contribution in [0.5, 0.6) is 0 Å². The Morgan fingerprint density at radius 2 is 1.76 bits per heavy atom. The second kappa shape index (κ2) is 9.89. The third-order valence-corrected chi connectivity index (χ3v) is 7.82. The number of sulfonamides is 1. The summed E-state index contributed by atoms with van der Waals surface area (Å²) in [5.74, 6) is 0.144. The highest BCUT2D eigenvalue weighted by Gasteiger charge is 2.33. The smallest absolute Gasteiger partial charge is 0.309 e. The fourth-order valence-electron chi connectivity index (χ4n) is 3.86. The summed E-state index contributed by atoms with van der Waals surface area (Å²) < 4.78 is 38.3. The van der Waals surface area contributed by atoms with Gasteiger partial charge in [0.15, 0.2) is 0 Å². The molecule has 0 spiro atoms. The van der Waals surface area contributed by atoms with Gasteiger partial charge in [-0.3, -0.25) is 4.79 Å². The van der Waals surface area contributed by atoms with Crippen molar-refractivity contribution in [3.63, 3.8) is 0 Å². The summed E-state index contributed by atoms with van der Waals surface area (Å²) >= 11 is 0. The number of carbonyl (C=O) groups is 1. The lowest BCUT2D eigenvalue weighted by Crippen LogP contribution is -2.40. The van der Waals surface area contributed by atoms with Crippen molar-refractivity contribution in [3.8, 4) is 11.5 Å². The Morgan fingerprint density at radius 1 is 1.09 bits per heavy atom. The Hall–Kier alpha value is -2.97. The van der Waals surface area contributed by atoms with Gasteiger partial charge in [-0.2, -0.15) is 4.31 Å². The third kappa shape index (κ3) is 5.34. The first-order valence-corrected chi connectivity index (χ1v) is 12.5. The molecule has 0 unspecified atom stereocenters. The van der Waals surface area contributed by atoms with E-state index < -0.39 is 10.0 Å². The highest BCUT2D eigenvalue weighted by Crippen LogP contribution is 2.26. The van der Waals surface area contributed by atoms with Crippen molar-refractivity contribution in [2.24, 2.45) is 5.92 Å². The lowest BCUT2D eigenvalue weighted by Gasteiger charge is -2.30. The number of hydrogen-bond donors (Lipinski definition) is 0. The van der Waals surface area contributed by atoms with Gasteiger partial charge >= 0.3 is 5.97 Å². The normalized spacial score (nSPS) is 15.6. The fraction of sp³-hybridized carbons (Fsp3) is 0.360. The molecule has 0 N–H and O–H groups in total. The van der Waals surface area contributed by atoms with E-state index in [4.69, 9.17) is 9.15 Å². The molecule has 2 aromatic carbocycles. The average molecular weight is 469 g/mol. The van der Waals surface area contributed by atoms with Crippen LogP contribution in [0.3, 0.4) is 0 Å². The molecule has 0 atom stereocenters. The van der Waals surface area contributed by atoms with Crippen LogP contribution in [0.15, 0.2) is 70.2 Å². The Balaban J connectivity index is 1.29. The minimum atomic E-state index is -3.57. The van der Waals surface area contributed by atoms with E-state index in [9.17, 15) is 13.2 Å². The lowest BCUT2D eigenvalue weighted by atomic mass is 9.98. The summed E-state index contributed by atoms with van der Waals surface area (Å²) in [4.78, 5) is 17.2. The van der Waals surface area contributed by atoms with Gasteiger partial charge in [-0.1, -0.05) is 44.2 Å². The van der Waals surface area contributed by atoms with E-state index in [1.165, 1.54) is 10.6 Å². The van der Waals surface area contributed by atoms with Gasteiger partial charge in [-0.05, 0) is 48.6 Å². The molecule has 1 aliphatic heterocycles. The third-order valence-electron chi connectivity index (χ3n) is 5.91. The van der Waals surface area contributed by atoms with Crippen LogP contribution in [0.25, 0.3) is 11.5 Å². The number of hydrogen-bond acceptors (Lipinski definition) is 6. The summed E-state index contributed by atoms with van der Waals surface area (Å²) in [6.07, 6.45) is 2.34. The Kier molecular flexibility index (Phi) is 6.95. The minimum absolute atomic E-state index is 0.0237. The number of esters is 1. The van der Waals surface area contributed by atoms with E-state index in [0.29, 0.717) is 30.3 Å². The first-order chi connectivity index (χ1) is 15.8. The summed E-state index contributed by atoms with van der Waals surface area (Å²) in [5, 5.41) is 0. The van der Waals surface area contributed by atoms with Crippen molar-refractivity contribution in [2.75, 3.05) is 13.1 Å². The zero-order chi connectivity index (χ0) is 23.4. The minimum Gasteiger partial charge on any atom is -0.459 e. The largest absolute Gasteiger partial charge is 0.459 e. The fourth-order valence-corrected chi connectivity index (χ4v) is 5.32. The van der Waals surface area contributed by atoms with Crippen molar-refractivity contribution < 1.29 is 22.4 Å². The summed E-state index contributed by atoms with van der Waals surface area (Å²) in [6, 6.07) is 16.5. The number of piperidine rings is 1. The molecule has 7 nitrogen and oxygen atoms in total. The van der Waals surface area contributed by atoms with Crippen LogP contribution in [-0.2, 0) is 26.2 Å². The summed E-state index contributed by atoms with van der Waals surface area (Å²) in [5.41, 5.74) is 2.48. The molecule has 33 heavy (non-hydrogen) atoms. The van der Waals surface area contributed by atoms with Gasteiger partial charge in [-0.15, -0.1) is 0 Å². The number of oxazole rings is 1. The van der Waals surface area contributed by atoms with Crippen LogP contribution in [0.2, 0.25) is 0 Å². The SMILES string of the molecule is CC(C)c1ccc(S(=O)(=O)N2CCC(C(=O)OCc3coc(-c4ccccc4)n3)CC2)cc1. The quantitative estimate of drug-likeness (QED) is 0.471. The highest BCUT2D eigenvalue weighted by molar-refractivity contribution is 7.89. The zero-order valence-electron chi connectivity index (χ0n) is 18.8. The monoisotopic (exact) mass is 468 g/mol. The van der Waals surface area contributed by atoms with E-state index in [1.807, 2.05) is 42.5 Å². The van der Waals surface area contributed by atoms with E-state index in [-0.39, 0.29) is 36.5 Å². The number of aromatic nitrogens is 1. The van der Waals surface area contributed by atoms with Crippen LogP contribution in [0, 0.1) is 5.92 Å². The molecule has 0 saturated carbocycles. The Labute approximate surface area is 194 Å². The van der Waals surface area contributed by atoms with E-state index in [0.717, 1.165) is 11.1 Å². The van der Waals surface area contributed by atoms with Crippen LogP contribution in [0.1, 0.15) is 43.9 Å². The number of ether oxygens (including phenoxy) is 1. The van der Waals surface area contributed by atoms with Crippen molar-refractivity contribution in [1.82, 2.24) is 9.29 Å². The standard InChI is InChI=1S/C25H28N2O5S/c1-18(2)19-8-10-23(11-9-19)33(29,30)27-14-12-21(13-15-27)25(28)32-17-22-16-31-24(26-22)20-6-4-3-5-7-20/h3-11,16,18,21H,12-15,17H2,1-2H3. The van der Waals surface area contributed by atoms with Gasteiger partial charge in [0.1, 0.15) is 18.6 Å². The van der Waals surface area contributed by atoms with Crippen LogP contribution in [0.4, 0.5) is 0 Å². The maximum Gasteiger partial charge on any atom is 0.309 e. The molecule has 8 heteroatoms. The van der Waals surface area contributed by atoms with Gasteiger partial charge in [0.05, 0.1) is 10.8 Å². The number of benzene rings is 2. The molecule has 1 aromatic heterocycles. The van der Waals surface area contributed by atoms with Crippen molar-refractivity contribution in [3.05, 3.63) is 72.1 Å². The van der Waals surface area contributed by atoms with Crippen LogP contribution >= 0.6 is 0 Å².